The van der Waals surface area contributed by atoms with Crippen LogP contribution in [0, 0.1) is 17.0 Å². The predicted molar refractivity (Wildman–Crippen MR) is 101 cm³/mol. The monoisotopic (exact) mass is 392 g/mol. The summed E-state index contributed by atoms with van der Waals surface area (Å²) >= 11 is 0. The molecule has 1 saturated carbocycles. The van der Waals surface area contributed by atoms with Gasteiger partial charge in [0, 0.05) is 30.1 Å². The molecule has 1 aliphatic carbocycles. The Bertz CT molecular complexity index is 953. The fourth-order valence-electron chi connectivity index (χ4n) is 4.12. The maximum absolute atomic E-state index is 13.5. The van der Waals surface area contributed by atoms with Crippen molar-refractivity contribution in [2.24, 2.45) is 5.41 Å². The van der Waals surface area contributed by atoms with Gasteiger partial charge in [0.25, 0.3) is 0 Å². The maximum atomic E-state index is 13.5. The summed E-state index contributed by atoms with van der Waals surface area (Å²) in [7, 11) is -3.30. The van der Waals surface area contributed by atoms with E-state index in [4.69, 9.17) is 0 Å². The van der Waals surface area contributed by atoms with E-state index < -0.39 is 21.7 Å². The van der Waals surface area contributed by atoms with E-state index in [-0.39, 0.29) is 17.5 Å². The summed E-state index contributed by atoms with van der Waals surface area (Å²) in [5.41, 5.74) is 2.24. The van der Waals surface area contributed by atoms with Crippen molar-refractivity contribution in [2.75, 3.05) is 12.8 Å². The fraction of sp³-hybridized carbons (Fsp3) is 0.400. The molecular weight excluding hydrogens is 370 g/mol. The van der Waals surface area contributed by atoms with Crippen molar-refractivity contribution in [1.29, 1.82) is 0 Å². The fourth-order valence-corrected chi connectivity index (χ4v) is 4.99. The van der Waals surface area contributed by atoms with E-state index in [1.54, 1.807) is 0 Å². The smallest absolute Gasteiger partial charge is 0.209 e. The first kappa shape index (κ1) is 18.5. The molecule has 2 fully saturated rings. The van der Waals surface area contributed by atoms with Gasteiger partial charge in [-0.25, -0.2) is 21.9 Å². The average Bonchev–Trinajstić information content (AvgIpc) is 3.29. The third kappa shape index (κ3) is 4.05. The van der Waals surface area contributed by atoms with Gasteiger partial charge in [0.1, 0.15) is 11.6 Å². The lowest BCUT2D eigenvalue weighted by Crippen LogP contribution is -2.47. The molecule has 2 aromatic carbocycles. The lowest BCUT2D eigenvalue weighted by atomic mass is 9.92. The van der Waals surface area contributed by atoms with Crippen molar-refractivity contribution in [3.63, 3.8) is 0 Å². The van der Waals surface area contributed by atoms with E-state index in [0.717, 1.165) is 36.6 Å². The second-order valence-corrected chi connectivity index (χ2v) is 9.56. The van der Waals surface area contributed by atoms with Gasteiger partial charge in [0.2, 0.25) is 10.0 Å². The molecule has 4 rings (SSSR count). The van der Waals surface area contributed by atoms with Gasteiger partial charge in [-0.05, 0) is 48.1 Å². The van der Waals surface area contributed by atoms with E-state index in [0.29, 0.717) is 12.0 Å². The van der Waals surface area contributed by atoms with Crippen molar-refractivity contribution in [1.82, 2.24) is 10.0 Å². The highest BCUT2D eigenvalue weighted by Gasteiger charge is 2.56. The van der Waals surface area contributed by atoms with Crippen LogP contribution in [0.3, 0.4) is 0 Å². The van der Waals surface area contributed by atoms with Gasteiger partial charge in [-0.1, -0.05) is 24.3 Å². The van der Waals surface area contributed by atoms with Crippen LogP contribution in [-0.4, -0.2) is 33.3 Å². The number of sulfonamides is 1. The largest absolute Gasteiger partial charge is 0.311 e. The number of hydrogen-bond donors (Lipinski definition) is 2. The van der Waals surface area contributed by atoms with Gasteiger partial charge >= 0.3 is 0 Å². The van der Waals surface area contributed by atoms with Crippen molar-refractivity contribution < 1.29 is 17.2 Å². The van der Waals surface area contributed by atoms with Gasteiger partial charge in [-0.2, -0.15) is 0 Å². The molecule has 27 heavy (non-hydrogen) atoms. The second kappa shape index (κ2) is 6.65. The molecule has 2 aliphatic rings. The molecule has 0 radical (unpaired) electrons. The molecule has 0 aromatic heterocycles. The zero-order valence-electron chi connectivity index (χ0n) is 15.0. The second-order valence-electron chi connectivity index (χ2n) is 7.78. The normalized spacial score (nSPS) is 23.7. The molecule has 4 nitrogen and oxygen atoms in total. The minimum Gasteiger partial charge on any atom is -0.311 e. The molecule has 2 N–H and O–H groups in total. The van der Waals surface area contributed by atoms with Crippen molar-refractivity contribution in [3.05, 3.63) is 59.7 Å². The van der Waals surface area contributed by atoms with Crippen LogP contribution in [0.15, 0.2) is 42.5 Å². The molecular formula is C20H22F2N2O2S. The molecule has 2 aromatic rings. The van der Waals surface area contributed by atoms with Gasteiger partial charge in [0.05, 0.1) is 6.26 Å². The van der Waals surface area contributed by atoms with Crippen molar-refractivity contribution >= 4 is 10.0 Å². The van der Waals surface area contributed by atoms with Gasteiger partial charge < -0.3 is 5.32 Å². The summed E-state index contributed by atoms with van der Waals surface area (Å²) in [4.78, 5) is 0. The van der Waals surface area contributed by atoms with E-state index in [2.05, 4.69) is 10.0 Å². The molecule has 1 saturated heterocycles. The van der Waals surface area contributed by atoms with Crippen LogP contribution < -0.4 is 10.0 Å². The lowest BCUT2D eigenvalue weighted by molar-refractivity contribution is 0.410. The predicted octanol–water partition coefficient (Wildman–Crippen LogP) is 2.84. The Labute approximate surface area is 158 Å². The summed E-state index contributed by atoms with van der Waals surface area (Å²) < 4.78 is 53.5. The summed E-state index contributed by atoms with van der Waals surface area (Å²) in [6, 6.07) is 10.9. The van der Waals surface area contributed by atoms with Crippen LogP contribution in [0.1, 0.15) is 18.4 Å². The summed E-state index contributed by atoms with van der Waals surface area (Å²) in [5.74, 6) is -1.22. The standard InChI is InChI=1S/C20H22F2N2O2S/c1-27(25,26)24-19-18(23-12-20(19)5-6-20)8-13-3-2-4-14(7-13)15-9-16(21)11-17(22)10-15/h2-4,7,9-11,18-19,23-24H,5-6,8,12H2,1H3. The van der Waals surface area contributed by atoms with Gasteiger partial charge in [-0.3, -0.25) is 0 Å². The van der Waals surface area contributed by atoms with Crippen molar-refractivity contribution in [2.45, 2.75) is 31.3 Å². The minimum atomic E-state index is -3.30. The minimum absolute atomic E-state index is 0.0123. The first-order valence-electron chi connectivity index (χ1n) is 9.00. The Morgan fingerprint density at radius 1 is 1.11 bits per heavy atom. The number of halogens is 2. The van der Waals surface area contributed by atoms with Crippen molar-refractivity contribution in [3.8, 4) is 11.1 Å². The molecule has 0 bridgehead atoms. The molecule has 2 unspecified atom stereocenters. The lowest BCUT2D eigenvalue weighted by Gasteiger charge is -2.24. The highest BCUT2D eigenvalue weighted by Crippen LogP contribution is 2.52. The van der Waals surface area contributed by atoms with Crippen LogP contribution in [0.5, 0.6) is 0 Å². The number of hydrogen-bond acceptors (Lipinski definition) is 3. The maximum Gasteiger partial charge on any atom is 0.209 e. The molecule has 1 aliphatic heterocycles. The van der Waals surface area contributed by atoms with E-state index in [1.807, 2.05) is 24.3 Å². The first-order chi connectivity index (χ1) is 12.7. The van der Waals surface area contributed by atoms with E-state index in [1.165, 1.54) is 18.4 Å². The molecule has 7 heteroatoms. The number of rotatable bonds is 5. The molecule has 0 amide bonds. The van der Waals surface area contributed by atoms with Crippen LogP contribution in [0.25, 0.3) is 11.1 Å². The summed E-state index contributed by atoms with van der Waals surface area (Å²) in [5, 5.41) is 3.46. The number of benzene rings is 2. The third-order valence-electron chi connectivity index (χ3n) is 5.59. The van der Waals surface area contributed by atoms with Crippen LogP contribution in [0.4, 0.5) is 8.78 Å². The van der Waals surface area contributed by atoms with E-state index >= 15 is 0 Å². The zero-order valence-corrected chi connectivity index (χ0v) is 15.8. The van der Waals surface area contributed by atoms with Crippen LogP contribution >= 0.6 is 0 Å². The quantitative estimate of drug-likeness (QED) is 0.823. The highest BCUT2D eigenvalue weighted by molar-refractivity contribution is 7.88. The Morgan fingerprint density at radius 2 is 1.81 bits per heavy atom. The van der Waals surface area contributed by atoms with Gasteiger partial charge in [0.15, 0.2) is 0 Å². The Hall–Kier alpha value is -1.83. The van der Waals surface area contributed by atoms with Crippen LogP contribution in [-0.2, 0) is 16.4 Å². The summed E-state index contributed by atoms with van der Waals surface area (Å²) in [6.07, 6.45) is 3.87. The van der Waals surface area contributed by atoms with Crippen LogP contribution in [0.2, 0.25) is 0 Å². The molecule has 2 atom stereocenters. The summed E-state index contributed by atoms with van der Waals surface area (Å²) in [6.45, 7) is 0.805. The molecule has 144 valence electrons. The third-order valence-corrected chi connectivity index (χ3v) is 6.27. The Morgan fingerprint density at radius 3 is 2.44 bits per heavy atom. The Kier molecular flexibility index (Phi) is 4.56. The average molecular weight is 392 g/mol. The van der Waals surface area contributed by atoms with E-state index in [9.17, 15) is 17.2 Å². The zero-order chi connectivity index (χ0) is 19.2. The number of nitrogens with one attached hydrogen (secondary N) is 2. The molecule has 1 spiro atoms. The molecule has 1 heterocycles. The van der Waals surface area contributed by atoms with Gasteiger partial charge in [-0.15, -0.1) is 0 Å². The SMILES string of the molecule is CS(=O)(=O)NC1C(Cc2cccc(-c3cc(F)cc(F)c3)c2)NCC12CC2. The first-order valence-corrected chi connectivity index (χ1v) is 10.9. The Balaban J connectivity index is 1.57. The topological polar surface area (TPSA) is 58.2 Å². The highest BCUT2D eigenvalue weighted by atomic mass is 32.2.